The summed E-state index contributed by atoms with van der Waals surface area (Å²) in [6.45, 7) is 4.46. The monoisotopic (exact) mass is 308 g/mol. The standard InChI is InChI=1S/C16H21FN2O3/c1-11-8-18(4-5-19(11)16(21)10-20)9-14-7-12-6-13(17)2-3-15(12)22-14/h2-3,6,11,14,20H,4-5,7-10H2,1H3. The molecular formula is C16H21FN2O3. The van der Waals surface area contributed by atoms with E-state index in [9.17, 15) is 9.18 Å². The molecule has 1 aromatic rings. The molecule has 1 N–H and O–H groups in total. The molecule has 1 saturated heterocycles. The second-order valence-corrected chi connectivity index (χ2v) is 6.05. The molecule has 2 aliphatic heterocycles. The van der Waals surface area contributed by atoms with Crippen LogP contribution in [0, 0.1) is 5.82 Å². The van der Waals surface area contributed by atoms with Crippen LogP contribution in [0.15, 0.2) is 18.2 Å². The fourth-order valence-corrected chi connectivity index (χ4v) is 3.34. The van der Waals surface area contributed by atoms with Gasteiger partial charge in [-0.25, -0.2) is 4.39 Å². The predicted molar refractivity (Wildman–Crippen MR) is 79.2 cm³/mol. The number of hydrogen-bond donors (Lipinski definition) is 1. The highest BCUT2D eigenvalue weighted by Crippen LogP contribution is 2.29. The van der Waals surface area contributed by atoms with E-state index in [0.717, 1.165) is 37.4 Å². The maximum Gasteiger partial charge on any atom is 0.248 e. The van der Waals surface area contributed by atoms with E-state index in [-0.39, 0.29) is 23.9 Å². The summed E-state index contributed by atoms with van der Waals surface area (Å²) < 4.78 is 19.1. The van der Waals surface area contributed by atoms with Crippen molar-refractivity contribution < 1.29 is 19.0 Å². The first kappa shape index (κ1) is 15.2. The Balaban J connectivity index is 1.55. The van der Waals surface area contributed by atoms with E-state index in [1.54, 1.807) is 11.0 Å². The Morgan fingerprint density at radius 1 is 1.45 bits per heavy atom. The summed E-state index contributed by atoms with van der Waals surface area (Å²) >= 11 is 0. The Kier molecular flexibility index (Phi) is 4.31. The van der Waals surface area contributed by atoms with Crippen molar-refractivity contribution in [3.05, 3.63) is 29.6 Å². The van der Waals surface area contributed by atoms with Crippen LogP contribution in [0.1, 0.15) is 12.5 Å². The van der Waals surface area contributed by atoms with E-state index in [1.807, 2.05) is 6.92 Å². The van der Waals surface area contributed by atoms with Crippen molar-refractivity contribution in [2.75, 3.05) is 32.8 Å². The lowest BCUT2D eigenvalue weighted by atomic mass is 10.1. The zero-order chi connectivity index (χ0) is 15.7. The van der Waals surface area contributed by atoms with E-state index in [2.05, 4.69) is 4.90 Å². The van der Waals surface area contributed by atoms with Gasteiger partial charge in [-0.2, -0.15) is 0 Å². The molecule has 0 bridgehead atoms. The Morgan fingerprint density at radius 2 is 2.27 bits per heavy atom. The maximum absolute atomic E-state index is 13.2. The quantitative estimate of drug-likeness (QED) is 0.891. The number of nitrogens with zero attached hydrogens (tertiary/aromatic N) is 2. The van der Waals surface area contributed by atoms with Crippen molar-refractivity contribution in [2.45, 2.75) is 25.5 Å². The first-order chi connectivity index (χ1) is 10.6. The lowest BCUT2D eigenvalue weighted by Crippen LogP contribution is -2.56. The Bertz CT molecular complexity index is 566. The van der Waals surface area contributed by atoms with E-state index in [1.165, 1.54) is 12.1 Å². The van der Waals surface area contributed by atoms with Gasteiger partial charge in [-0.1, -0.05) is 0 Å². The van der Waals surface area contributed by atoms with E-state index < -0.39 is 6.61 Å². The molecule has 3 rings (SSSR count). The number of hydrogen-bond acceptors (Lipinski definition) is 4. The van der Waals surface area contributed by atoms with Crippen LogP contribution < -0.4 is 4.74 Å². The number of aliphatic hydroxyl groups excluding tert-OH is 1. The number of piperazine rings is 1. The van der Waals surface area contributed by atoms with Crippen molar-refractivity contribution in [1.29, 1.82) is 0 Å². The first-order valence-corrected chi connectivity index (χ1v) is 7.64. The molecule has 2 atom stereocenters. The van der Waals surface area contributed by atoms with Crippen molar-refractivity contribution in [3.63, 3.8) is 0 Å². The summed E-state index contributed by atoms with van der Waals surface area (Å²) in [5.74, 6) is 0.327. The van der Waals surface area contributed by atoms with Crippen LogP contribution in [0.4, 0.5) is 4.39 Å². The van der Waals surface area contributed by atoms with Gasteiger partial charge in [0.15, 0.2) is 0 Å². The average Bonchev–Trinajstić information content (AvgIpc) is 2.88. The minimum Gasteiger partial charge on any atom is -0.488 e. The smallest absolute Gasteiger partial charge is 0.248 e. The number of halogens is 1. The molecule has 6 heteroatoms. The van der Waals surface area contributed by atoms with Gasteiger partial charge >= 0.3 is 0 Å². The molecule has 2 heterocycles. The van der Waals surface area contributed by atoms with Gasteiger partial charge in [-0.15, -0.1) is 0 Å². The normalized spacial score (nSPS) is 25.0. The zero-order valence-electron chi connectivity index (χ0n) is 12.7. The van der Waals surface area contributed by atoms with E-state index in [0.29, 0.717) is 6.54 Å². The third-order valence-corrected chi connectivity index (χ3v) is 4.39. The third-order valence-electron chi connectivity index (χ3n) is 4.39. The number of amides is 1. The Labute approximate surface area is 129 Å². The molecule has 0 spiro atoms. The van der Waals surface area contributed by atoms with Gasteiger partial charge in [0.25, 0.3) is 0 Å². The van der Waals surface area contributed by atoms with Crippen LogP contribution in [0.5, 0.6) is 5.75 Å². The molecule has 2 aliphatic rings. The second kappa shape index (κ2) is 6.22. The minimum atomic E-state index is -0.434. The molecule has 1 amide bonds. The number of fused-ring (bicyclic) bond motifs is 1. The number of aliphatic hydroxyl groups is 1. The van der Waals surface area contributed by atoms with E-state index in [4.69, 9.17) is 9.84 Å². The lowest BCUT2D eigenvalue weighted by molar-refractivity contribution is -0.138. The molecule has 5 nitrogen and oxygen atoms in total. The molecule has 0 saturated carbocycles. The van der Waals surface area contributed by atoms with E-state index >= 15 is 0 Å². The van der Waals surface area contributed by atoms with Gasteiger partial charge in [0.05, 0.1) is 0 Å². The van der Waals surface area contributed by atoms with Crippen LogP contribution in [0.25, 0.3) is 0 Å². The SMILES string of the molecule is CC1CN(CC2Cc3cc(F)ccc3O2)CCN1C(=O)CO. The molecule has 0 aliphatic carbocycles. The molecule has 0 radical (unpaired) electrons. The first-order valence-electron chi connectivity index (χ1n) is 7.64. The summed E-state index contributed by atoms with van der Waals surface area (Å²) in [6.07, 6.45) is 0.751. The van der Waals surface area contributed by atoms with Gasteiger partial charge < -0.3 is 14.7 Å². The number of carbonyl (C=O) groups excluding carboxylic acids is 1. The topological polar surface area (TPSA) is 53.0 Å². The van der Waals surface area contributed by atoms with Crippen molar-refractivity contribution in [2.24, 2.45) is 0 Å². The Hall–Kier alpha value is -1.66. The highest BCUT2D eigenvalue weighted by atomic mass is 19.1. The molecule has 1 aromatic carbocycles. The van der Waals surface area contributed by atoms with Crippen LogP contribution in [-0.2, 0) is 11.2 Å². The van der Waals surface area contributed by atoms with Gasteiger partial charge in [0, 0.05) is 44.2 Å². The lowest BCUT2D eigenvalue weighted by Gasteiger charge is -2.40. The second-order valence-electron chi connectivity index (χ2n) is 6.05. The summed E-state index contributed by atoms with van der Waals surface area (Å²) in [5.41, 5.74) is 0.923. The maximum atomic E-state index is 13.2. The average molecular weight is 308 g/mol. The largest absolute Gasteiger partial charge is 0.488 e. The summed E-state index contributed by atoms with van der Waals surface area (Å²) in [7, 11) is 0. The fourth-order valence-electron chi connectivity index (χ4n) is 3.34. The molecule has 120 valence electrons. The predicted octanol–water partition coefficient (Wildman–Crippen LogP) is 0.654. The Morgan fingerprint density at radius 3 is 3.00 bits per heavy atom. The van der Waals surface area contributed by atoms with Crippen LogP contribution in [0.2, 0.25) is 0 Å². The van der Waals surface area contributed by atoms with Crippen molar-refractivity contribution in [3.8, 4) is 5.75 Å². The van der Waals surface area contributed by atoms with Crippen LogP contribution in [-0.4, -0.2) is 65.7 Å². The molecule has 0 aromatic heterocycles. The van der Waals surface area contributed by atoms with Crippen LogP contribution >= 0.6 is 0 Å². The van der Waals surface area contributed by atoms with Crippen molar-refractivity contribution in [1.82, 2.24) is 9.80 Å². The number of carbonyl (C=O) groups is 1. The van der Waals surface area contributed by atoms with Crippen molar-refractivity contribution >= 4 is 5.91 Å². The number of rotatable bonds is 3. The highest BCUT2D eigenvalue weighted by Gasteiger charge is 2.30. The fraction of sp³-hybridized carbons (Fsp3) is 0.562. The molecule has 2 unspecified atom stereocenters. The summed E-state index contributed by atoms with van der Waals surface area (Å²) in [6, 6.07) is 4.72. The number of benzene rings is 1. The summed E-state index contributed by atoms with van der Waals surface area (Å²) in [4.78, 5) is 15.6. The summed E-state index contributed by atoms with van der Waals surface area (Å²) in [5, 5.41) is 8.97. The minimum absolute atomic E-state index is 0.0316. The number of ether oxygens (including phenoxy) is 1. The highest BCUT2D eigenvalue weighted by molar-refractivity contribution is 5.77. The van der Waals surface area contributed by atoms with Gasteiger partial charge in [-0.3, -0.25) is 9.69 Å². The zero-order valence-corrected chi connectivity index (χ0v) is 12.7. The molecule has 22 heavy (non-hydrogen) atoms. The van der Waals surface area contributed by atoms with Gasteiger partial charge in [0.1, 0.15) is 24.3 Å². The van der Waals surface area contributed by atoms with Gasteiger partial charge in [-0.05, 0) is 25.1 Å². The molecule has 1 fully saturated rings. The van der Waals surface area contributed by atoms with Gasteiger partial charge in [0.2, 0.25) is 5.91 Å². The molecular weight excluding hydrogens is 287 g/mol. The third kappa shape index (κ3) is 3.08. The van der Waals surface area contributed by atoms with Crippen LogP contribution in [0.3, 0.4) is 0 Å².